The Bertz CT molecular complexity index is 1020. The van der Waals surface area contributed by atoms with Crippen molar-refractivity contribution in [3.8, 4) is 0 Å². The highest BCUT2D eigenvalue weighted by Gasteiger charge is 2.41. The average molecular weight is 462 g/mol. The molecular weight excluding hydrogens is 431 g/mol. The molecule has 33 heavy (non-hydrogen) atoms. The minimum atomic E-state index is -4.36. The average Bonchev–Trinajstić information content (AvgIpc) is 3.28. The van der Waals surface area contributed by atoms with Crippen molar-refractivity contribution in [3.05, 3.63) is 41.6 Å². The number of benzene rings is 1. The number of halogens is 3. The number of aromatic nitrogens is 2. The summed E-state index contributed by atoms with van der Waals surface area (Å²) < 4.78 is 38.6. The summed E-state index contributed by atoms with van der Waals surface area (Å²) in [4.78, 5) is 26.2. The van der Waals surface area contributed by atoms with Crippen LogP contribution < -0.4 is 15.1 Å². The number of fused-ring (bicyclic) bond motifs is 1. The Hall–Kier alpha value is -2.84. The first-order valence-corrected chi connectivity index (χ1v) is 11.3. The largest absolute Gasteiger partial charge is 0.416 e. The molecule has 1 unspecified atom stereocenters. The first kappa shape index (κ1) is 23.3. The van der Waals surface area contributed by atoms with Gasteiger partial charge >= 0.3 is 6.18 Å². The number of amides is 1. The van der Waals surface area contributed by atoms with E-state index in [-0.39, 0.29) is 11.9 Å². The van der Waals surface area contributed by atoms with Crippen molar-refractivity contribution in [3.63, 3.8) is 0 Å². The zero-order valence-corrected chi connectivity index (χ0v) is 19.4. The lowest BCUT2D eigenvalue weighted by Gasteiger charge is -2.34. The van der Waals surface area contributed by atoms with Gasteiger partial charge in [-0.1, -0.05) is 25.0 Å². The third kappa shape index (κ3) is 4.63. The second-order valence-corrected chi connectivity index (χ2v) is 9.70. The van der Waals surface area contributed by atoms with Crippen molar-refractivity contribution in [2.75, 3.05) is 28.7 Å². The van der Waals surface area contributed by atoms with Gasteiger partial charge in [0.2, 0.25) is 11.9 Å². The second kappa shape index (κ2) is 8.50. The number of alkyl halides is 3. The van der Waals surface area contributed by atoms with Gasteiger partial charge in [-0.25, -0.2) is 4.98 Å². The quantitative estimate of drug-likeness (QED) is 0.659. The SMILES string of the molecule is CC(Nc1ncc2c(n1)N(C1CCCC1)CC(C)(C)C(=O)N2C)c1ccc(C(F)(F)F)cc1. The molecule has 1 aromatic carbocycles. The molecule has 9 heteroatoms. The summed E-state index contributed by atoms with van der Waals surface area (Å²) in [6, 6.07) is 5.10. The zero-order valence-electron chi connectivity index (χ0n) is 19.4. The van der Waals surface area contributed by atoms with Crippen LogP contribution in [-0.4, -0.2) is 35.5 Å². The number of hydrogen-bond donors (Lipinski definition) is 1. The van der Waals surface area contributed by atoms with Crippen molar-refractivity contribution in [2.45, 2.75) is 64.7 Å². The van der Waals surface area contributed by atoms with Crippen LogP contribution in [0.2, 0.25) is 0 Å². The minimum absolute atomic E-state index is 0.0201. The van der Waals surface area contributed by atoms with E-state index in [4.69, 9.17) is 4.98 Å². The number of hydrogen-bond acceptors (Lipinski definition) is 5. The molecular formula is C24H30F3N5O. The van der Waals surface area contributed by atoms with E-state index in [1.54, 1.807) is 18.1 Å². The maximum absolute atomic E-state index is 13.1. The van der Waals surface area contributed by atoms with Gasteiger partial charge in [0.15, 0.2) is 5.82 Å². The lowest BCUT2D eigenvalue weighted by molar-refractivity contribution is -0.137. The predicted molar refractivity (Wildman–Crippen MR) is 122 cm³/mol. The van der Waals surface area contributed by atoms with E-state index in [1.165, 1.54) is 12.1 Å². The number of nitrogens with zero attached hydrogens (tertiary/aromatic N) is 4. The Morgan fingerprint density at radius 1 is 1.15 bits per heavy atom. The Kier molecular flexibility index (Phi) is 6.01. The number of carbonyl (C=O) groups is 1. The zero-order chi connectivity index (χ0) is 24.0. The van der Waals surface area contributed by atoms with E-state index in [2.05, 4.69) is 15.2 Å². The number of anilines is 3. The minimum Gasteiger partial charge on any atom is -0.351 e. The lowest BCUT2D eigenvalue weighted by Crippen LogP contribution is -2.45. The van der Waals surface area contributed by atoms with Crippen molar-refractivity contribution >= 4 is 23.4 Å². The summed E-state index contributed by atoms with van der Waals surface area (Å²) in [5.74, 6) is 1.12. The molecule has 6 nitrogen and oxygen atoms in total. The molecule has 1 saturated carbocycles. The number of carbonyl (C=O) groups excluding carboxylic acids is 1. The van der Waals surface area contributed by atoms with E-state index in [9.17, 15) is 18.0 Å². The number of nitrogens with one attached hydrogen (secondary N) is 1. The normalized spacial score (nSPS) is 19.9. The Balaban J connectivity index is 1.64. The monoisotopic (exact) mass is 461 g/mol. The molecule has 1 amide bonds. The standard InChI is InChI=1S/C24H30F3N5O/c1-15(16-9-11-17(12-10-16)24(25,26)27)29-22-28-13-19-20(30-22)32(18-7-5-6-8-18)14-23(2,3)21(33)31(19)4/h9-13,15,18H,5-8,14H2,1-4H3,(H,28,29,30). The van der Waals surface area contributed by atoms with E-state index in [0.717, 1.165) is 43.6 Å². The molecule has 2 aliphatic rings. The molecule has 1 aromatic heterocycles. The van der Waals surface area contributed by atoms with Gasteiger partial charge in [-0.2, -0.15) is 18.2 Å². The van der Waals surface area contributed by atoms with Crippen LogP contribution in [0.4, 0.5) is 30.6 Å². The Morgan fingerprint density at radius 2 is 1.79 bits per heavy atom. The van der Waals surface area contributed by atoms with Crippen LogP contribution in [0.3, 0.4) is 0 Å². The van der Waals surface area contributed by atoms with Crippen molar-refractivity contribution in [2.24, 2.45) is 5.41 Å². The summed E-state index contributed by atoms with van der Waals surface area (Å²) in [5, 5.41) is 3.21. The second-order valence-electron chi connectivity index (χ2n) is 9.70. The van der Waals surface area contributed by atoms with Gasteiger partial charge in [0, 0.05) is 19.6 Å². The van der Waals surface area contributed by atoms with E-state index < -0.39 is 17.2 Å². The summed E-state index contributed by atoms with van der Waals surface area (Å²) >= 11 is 0. The van der Waals surface area contributed by atoms with Crippen LogP contribution >= 0.6 is 0 Å². The fraction of sp³-hybridized carbons (Fsp3) is 0.542. The highest BCUT2D eigenvalue weighted by molar-refractivity contribution is 6.00. The molecule has 1 fully saturated rings. The van der Waals surface area contributed by atoms with Crippen molar-refractivity contribution in [1.82, 2.24) is 9.97 Å². The van der Waals surface area contributed by atoms with Crippen LogP contribution in [0, 0.1) is 5.41 Å². The fourth-order valence-corrected chi connectivity index (χ4v) is 4.77. The van der Waals surface area contributed by atoms with Gasteiger partial charge in [-0.05, 0) is 51.3 Å². The van der Waals surface area contributed by atoms with Gasteiger partial charge < -0.3 is 15.1 Å². The molecule has 2 aromatic rings. The molecule has 1 aliphatic heterocycles. The predicted octanol–water partition coefficient (Wildman–Crippen LogP) is 5.42. The van der Waals surface area contributed by atoms with Gasteiger partial charge in [0.1, 0.15) is 5.69 Å². The maximum atomic E-state index is 13.1. The third-order valence-electron chi connectivity index (χ3n) is 6.68. The topological polar surface area (TPSA) is 61.4 Å². The first-order chi connectivity index (χ1) is 15.5. The highest BCUT2D eigenvalue weighted by Crippen LogP contribution is 2.40. The molecule has 0 saturated heterocycles. The Morgan fingerprint density at radius 3 is 2.39 bits per heavy atom. The van der Waals surface area contributed by atoms with Crippen LogP contribution in [0.5, 0.6) is 0 Å². The van der Waals surface area contributed by atoms with Crippen LogP contribution in [0.1, 0.15) is 63.6 Å². The maximum Gasteiger partial charge on any atom is 0.416 e. The lowest BCUT2D eigenvalue weighted by atomic mass is 9.91. The molecule has 1 atom stereocenters. The van der Waals surface area contributed by atoms with Crippen molar-refractivity contribution < 1.29 is 18.0 Å². The number of rotatable bonds is 4. The summed E-state index contributed by atoms with van der Waals surface area (Å²) in [5.41, 5.74) is 0.120. The van der Waals surface area contributed by atoms with Crippen LogP contribution in [0.15, 0.2) is 30.5 Å². The molecule has 1 aliphatic carbocycles. The van der Waals surface area contributed by atoms with Gasteiger partial charge in [-0.15, -0.1) is 0 Å². The molecule has 0 radical (unpaired) electrons. The fourth-order valence-electron chi connectivity index (χ4n) is 4.77. The van der Waals surface area contributed by atoms with Crippen molar-refractivity contribution in [1.29, 1.82) is 0 Å². The molecule has 0 spiro atoms. The molecule has 0 bridgehead atoms. The van der Waals surface area contributed by atoms with Gasteiger partial charge in [0.05, 0.1) is 23.2 Å². The Labute approximate surface area is 192 Å². The molecule has 1 N–H and O–H groups in total. The van der Waals surface area contributed by atoms with Gasteiger partial charge in [0.25, 0.3) is 0 Å². The molecule has 2 heterocycles. The van der Waals surface area contributed by atoms with Gasteiger partial charge in [-0.3, -0.25) is 4.79 Å². The smallest absolute Gasteiger partial charge is 0.351 e. The van der Waals surface area contributed by atoms with E-state index in [0.29, 0.717) is 29.8 Å². The van der Waals surface area contributed by atoms with E-state index in [1.807, 2.05) is 20.8 Å². The third-order valence-corrected chi connectivity index (χ3v) is 6.68. The summed E-state index contributed by atoms with van der Waals surface area (Å²) in [6.07, 6.45) is 1.72. The summed E-state index contributed by atoms with van der Waals surface area (Å²) in [7, 11) is 1.75. The summed E-state index contributed by atoms with van der Waals surface area (Å²) in [6.45, 7) is 6.34. The molecule has 4 rings (SSSR count). The first-order valence-electron chi connectivity index (χ1n) is 11.3. The molecule has 178 valence electrons. The highest BCUT2D eigenvalue weighted by atomic mass is 19.4. The van der Waals surface area contributed by atoms with E-state index >= 15 is 0 Å². The van der Waals surface area contributed by atoms with Crippen LogP contribution in [0.25, 0.3) is 0 Å². The van der Waals surface area contributed by atoms with Crippen LogP contribution in [-0.2, 0) is 11.0 Å².